The molecule has 1 aliphatic rings. The molecule has 5 heteroatoms. The van der Waals surface area contributed by atoms with Crippen LogP contribution < -0.4 is 18.9 Å². The van der Waals surface area contributed by atoms with Crippen LogP contribution in [-0.2, 0) is 13.2 Å². The molecule has 0 saturated heterocycles. The Balaban J connectivity index is 1.63. The zero-order valence-electron chi connectivity index (χ0n) is 15.0. The Kier molecular flexibility index (Phi) is 4.85. The van der Waals surface area contributed by atoms with Gasteiger partial charge in [-0.05, 0) is 46.5 Å². The average Bonchev–Trinajstić information content (AvgIpc) is 3.19. The molecule has 1 N–H and O–H groups in total. The van der Waals surface area contributed by atoms with Crippen molar-refractivity contribution in [1.82, 2.24) is 0 Å². The minimum atomic E-state index is -0.0967. The number of hydrogen-bond acceptors (Lipinski definition) is 5. The number of ether oxygens (including phenoxy) is 4. The van der Waals surface area contributed by atoms with E-state index in [4.69, 9.17) is 18.9 Å². The van der Waals surface area contributed by atoms with Crippen LogP contribution in [0.4, 0.5) is 0 Å². The van der Waals surface area contributed by atoms with Gasteiger partial charge in [0, 0.05) is 0 Å². The van der Waals surface area contributed by atoms with E-state index in [1.807, 2.05) is 60.7 Å². The standard InChI is InChI=1S/C22H20O5/c1-24-20-9-16(7-8-19(20)25-13-15-5-3-2-4-6-15)18-11-22-21(26-14-27-22)10-17(18)12-23/h2-11,23H,12-14H2,1H3. The van der Waals surface area contributed by atoms with E-state index in [-0.39, 0.29) is 13.4 Å². The van der Waals surface area contributed by atoms with Crippen LogP contribution in [0.5, 0.6) is 23.0 Å². The highest BCUT2D eigenvalue weighted by Gasteiger charge is 2.18. The van der Waals surface area contributed by atoms with Crippen molar-refractivity contribution in [3.8, 4) is 34.1 Å². The third kappa shape index (κ3) is 3.55. The topological polar surface area (TPSA) is 57.2 Å². The van der Waals surface area contributed by atoms with Crippen molar-refractivity contribution in [1.29, 1.82) is 0 Å². The van der Waals surface area contributed by atoms with E-state index in [1.165, 1.54) is 0 Å². The fourth-order valence-corrected chi connectivity index (χ4v) is 3.07. The molecular weight excluding hydrogens is 344 g/mol. The average molecular weight is 364 g/mol. The Morgan fingerprint density at radius 2 is 1.70 bits per heavy atom. The summed E-state index contributed by atoms with van der Waals surface area (Å²) in [6, 6.07) is 19.4. The molecule has 0 unspecified atom stereocenters. The van der Waals surface area contributed by atoms with Crippen LogP contribution in [0, 0.1) is 0 Å². The lowest BCUT2D eigenvalue weighted by Gasteiger charge is -2.14. The number of rotatable bonds is 6. The highest BCUT2D eigenvalue weighted by atomic mass is 16.7. The minimum Gasteiger partial charge on any atom is -0.493 e. The molecule has 5 nitrogen and oxygen atoms in total. The van der Waals surface area contributed by atoms with Gasteiger partial charge >= 0.3 is 0 Å². The fraction of sp³-hybridized carbons (Fsp3) is 0.182. The number of fused-ring (bicyclic) bond motifs is 1. The molecule has 0 fully saturated rings. The quantitative estimate of drug-likeness (QED) is 0.712. The second-order valence-corrected chi connectivity index (χ2v) is 6.16. The second-order valence-electron chi connectivity index (χ2n) is 6.16. The van der Waals surface area contributed by atoms with Crippen LogP contribution in [0.25, 0.3) is 11.1 Å². The molecular formula is C22H20O5. The van der Waals surface area contributed by atoms with Gasteiger partial charge in [-0.3, -0.25) is 0 Å². The lowest BCUT2D eigenvalue weighted by atomic mass is 9.98. The van der Waals surface area contributed by atoms with Crippen LogP contribution in [0.1, 0.15) is 11.1 Å². The highest BCUT2D eigenvalue weighted by molar-refractivity contribution is 5.73. The molecule has 0 atom stereocenters. The maximum Gasteiger partial charge on any atom is 0.231 e. The SMILES string of the molecule is COc1cc(-c2cc3c(cc2CO)OCO3)ccc1OCc1ccccc1. The summed E-state index contributed by atoms with van der Waals surface area (Å²) < 4.78 is 22.3. The third-order valence-corrected chi connectivity index (χ3v) is 4.48. The number of aliphatic hydroxyl groups is 1. The number of aliphatic hydroxyl groups excluding tert-OH is 1. The van der Waals surface area contributed by atoms with Crippen molar-refractivity contribution >= 4 is 0 Å². The van der Waals surface area contributed by atoms with E-state index in [0.29, 0.717) is 29.6 Å². The van der Waals surface area contributed by atoms with Gasteiger partial charge in [0.2, 0.25) is 6.79 Å². The Bertz CT molecular complexity index is 937. The molecule has 0 saturated carbocycles. The first-order chi connectivity index (χ1) is 13.3. The van der Waals surface area contributed by atoms with E-state index in [9.17, 15) is 5.11 Å². The van der Waals surface area contributed by atoms with Gasteiger partial charge in [-0.15, -0.1) is 0 Å². The van der Waals surface area contributed by atoms with Crippen molar-refractivity contribution < 1.29 is 24.1 Å². The number of benzene rings is 3. The van der Waals surface area contributed by atoms with E-state index >= 15 is 0 Å². The molecule has 138 valence electrons. The summed E-state index contributed by atoms with van der Waals surface area (Å²) in [5.41, 5.74) is 3.62. The van der Waals surface area contributed by atoms with Crippen molar-refractivity contribution in [2.45, 2.75) is 13.2 Å². The van der Waals surface area contributed by atoms with Crippen LogP contribution >= 0.6 is 0 Å². The van der Waals surface area contributed by atoms with E-state index in [2.05, 4.69) is 0 Å². The zero-order chi connectivity index (χ0) is 18.6. The highest BCUT2D eigenvalue weighted by Crippen LogP contribution is 2.41. The molecule has 0 spiro atoms. The summed E-state index contributed by atoms with van der Waals surface area (Å²) in [7, 11) is 1.61. The Hall–Kier alpha value is -3.18. The summed E-state index contributed by atoms with van der Waals surface area (Å²) in [4.78, 5) is 0. The lowest BCUT2D eigenvalue weighted by molar-refractivity contribution is 0.174. The first-order valence-corrected chi connectivity index (χ1v) is 8.67. The molecule has 0 amide bonds. The van der Waals surface area contributed by atoms with Gasteiger partial charge in [0.1, 0.15) is 6.61 Å². The van der Waals surface area contributed by atoms with Crippen LogP contribution in [0.15, 0.2) is 60.7 Å². The van der Waals surface area contributed by atoms with Crippen LogP contribution in [0.3, 0.4) is 0 Å². The van der Waals surface area contributed by atoms with E-state index in [1.54, 1.807) is 7.11 Å². The summed E-state index contributed by atoms with van der Waals surface area (Å²) in [6.45, 7) is 0.558. The Morgan fingerprint density at radius 3 is 2.44 bits per heavy atom. The number of hydrogen-bond donors (Lipinski definition) is 1. The van der Waals surface area contributed by atoms with Crippen LogP contribution in [0.2, 0.25) is 0 Å². The summed E-state index contributed by atoms with van der Waals surface area (Å²) in [5.74, 6) is 2.62. The molecule has 0 aliphatic carbocycles. The van der Waals surface area contributed by atoms with Crippen molar-refractivity contribution in [2.24, 2.45) is 0 Å². The van der Waals surface area contributed by atoms with Crippen molar-refractivity contribution in [2.75, 3.05) is 13.9 Å². The minimum absolute atomic E-state index is 0.0967. The van der Waals surface area contributed by atoms with Gasteiger partial charge in [0.25, 0.3) is 0 Å². The lowest BCUT2D eigenvalue weighted by Crippen LogP contribution is -1.98. The molecule has 27 heavy (non-hydrogen) atoms. The Morgan fingerprint density at radius 1 is 0.926 bits per heavy atom. The normalized spacial score (nSPS) is 12.1. The third-order valence-electron chi connectivity index (χ3n) is 4.48. The predicted molar refractivity (Wildman–Crippen MR) is 101 cm³/mol. The van der Waals surface area contributed by atoms with Crippen molar-refractivity contribution in [3.63, 3.8) is 0 Å². The van der Waals surface area contributed by atoms with Gasteiger partial charge in [0.05, 0.1) is 13.7 Å². The summed E-state index contributed by atoms with van der Waals surface area (Å²) in [5, 5.41) is 9.75. The molecule has 3 aromatic rings. The molecule has 4 rings (SSSR count). The smallest absolute Gasteiger partial charge is 0.231 e. The molecule has 0 bridgehead atoms. The van der Waals surface area contributed by atoms with Crippen molar-refractivity contribution in [3.05, 3.63) is 71.8 Å². The maximum atomic E-state index is 9.75. The monoisotopic (exact) mass is 364 g/mol. The molecule has 1 heterocycles. The second kappa shape index (κ2) is 7.60. The van der Waals surface area contributed by atoms with E-state index < -0.39 is 0 Å². The van der Waals surface area contributed by atoms with Gasteiger partial charge < -0.3 is 24.1 Å². The van der Waals surface area contributed by atoms with Crippen LogP contribution in [-0.4, -0.2) is 19.0 Å². The number of methoxy groups -OCH3 is 1. The molecule has 1 aliphatic heterocycles. The zero-order valence-corrected chi connectivity index (χ0v) is 15.0. The predicted octanol–water partition coefficient (Wildman–Crippen LogP) is 4.16. The van der Waals surface area contributed by atoms with E-state index in [0.717, 1.165) is 22.3 Å². The van der Waals surface area contributed by atoms with Gasteiger partial charge in [0.15, 0.2) is 23.0 Å². The molecule has 0 aromatic heterocycles. The Labute approximate surface area is 157 Å². The molecule has 3 aromatic carbocycles. The largest absolute Gasteiger partial charge is 0.493 e. The van der Waals surface area contributed by atoms with Gasteiger partial charge in [-0.2, -0.15) is 0 Å². The summed E-state index contributed by atoms with van der Waals surface area (Å²) in [6.07, 6.45) is 0. The van der Waals surface area contributed by atoms with Gasteiger partial charge in [-0.25, -0.2) is 0 Å². The maximum absolute atomic E-state index is 9.75. The first kappa shape index (κ1) is 17.2. The summed E-state index contributed by atoms with van der Waals surface area (Å²) >= 11 is 0. The van der Waals surface area contributed by atoms with Gasteiger partial charge in [-0.1, -0.05) is 36.4 Å². The first-order valence-electron chi connectivity index (χ1n) is 8.67. The molecule has 0 radical (unpaired) electrons. The fourth-order valence-electron chi connectivity index (χ4n) is 3.07.